The van der Waals surface area contributed by atoms with Gasteiger partial charge < -0.3 is 11.1 Å². The van der Waals surface area contributed by atoms with E-state index in [1.165, 1.54) is 0 Å². The molecule has 0 aromatic carbocycles. The third-order valence-electron chi connectivity index (χ3n) is 1.21. The van der Waals surface area contributed by atoms with Crippen molar-refractivity contribution in [3.63, 3.8) is 0 Å². The number of hydrogen-bond donors (Lipinski definition) is 2. The lowest BCUT2D eigenvalue weighted by atomic mass is 10.4. The van der Waals surface area contributed by atoms with Crippen molar-refractivity contribution in [1.29, 1.82) is 0 Å². The number of amides is 1. The van der Waals surface area contributed by atoms with Crippen LogP contribution in [0.5, 0.6) is 0 Å². The molecule has 0 atom stereocenters. The maximum Gasteiger partial charge on any atom is 0.218 e. The first-order valence-corrected chi connectivity index (χ1v) is 5.10. The Bertz CT molecular complexity index is 139. The van der Waals surface area contributed by atoms with Crippen molar-refractivity contribution in [3.8, 4) is 0 Å². The highest BCUT2D eigenvalue weighted by Crippen LogP contribution is 1.96. The molecule has 0 saturated heterocycles. The van der Waals surface area contributed by atoms with E-state index < -0.39 is 0 Å². The summed E-state index contributed by atoms with van der Waals surface area (Å²) in [6.45, 7) is 5.22. The van der Waals surface area contributed by atoms with E-state index in [1.54, 1.807) is 0 Å². The first kappa shape index (κ1) is 11.5. The van der Waals surface area contributed by atoms with Gasteiger partial charge in [-0.25, -0.2) is 0 Å². The van der Waals surface area contributed by atoms with Crippen molar-refractivity contribution >= 4 is 17.7 Å². The van der Waals surface area contributed by atoms with Crippen molar-refractivity contribution in [2.45, 2.75) is 6.42 Å². The number of rotatable bonds is 8. The van der Waals surface area contributed by atoms with E-state index >= 15 is 0 Å². The van der Waals surface area contributed by atoms with E-state index in [9.17, 15) is 4.79 Å². The Morgan fingerprint density at radius 3 is 2.92 bits per heavy atom. The highest BCUT2D eigenvalue weighted by molar-refractivity contribution is 7.99. The Morgan fingerprint density at radius 2 is 2.33 bits per heavy atom. The van der Waals surface area contributed by atoms with Gasteiger partial charge in [0.25, 0.3) is 0 Å². The molecule has 0 fully saturated rings. The molecular formula is C8H16N2OS. The van der Waals surface area contributed by atoms with E-state index in [-0.39, 0.29) is 5.91 Å². The van der Waals surface area contributed by atoms with Crippen molar-refractivity contribution in [1.82, 2.24) is 5.32 Å². The highest BCUT2D eigenvalue weighted by atomic mass is 32.2. The number of carbonyl (C=O) groups excluding carboxylic acids is 1. The fraction of sp³-hybridized carbons (Fsp3) is 0.625. The van der Waals surface area contributed by atoms with Crippen molar-refractivity contribution in [2.24, 2.45) is 5.73 Å². The molecule has 4 heteroatoms. The number of primary amides is 1. The topological polar surface area (TPSA) is 55.1 Å². The maximum atomic E-state index is 10.3. The summed E-state index contributed by atoms with van der Waals surface area (Å²) in [4.78, 5) is 10.3. The van der Waals surface area contributed by atoms with Gasteiger partial charge in [0, 0.05) is 31.0 Å². The molecule has 0 aliphatic rings. The highest BCUT2D eigenvalue weighted by Gasteiger charge is 1.92. The molecule has 0 heterocycles. The van der Waals surface area contributed by atoms with E-state index in [4.69, 9.17) is 5.73 Å². The summed E-state index contributed by atoms with van der Waals surface area (Å²) < 4.78 is 0. The van der Waals surface area contributed by atoms with Gasteiger partial charge in [-0.05, 0) is 0 Å². The standard InChI is InChI=1S/C8H16N2OS/c1-2-6-12-7-5-10-4-3-8(9)11/h2,10H,1,3-7H2,(H2,9,11). The van der Waals surface area contributed by atoms with Crippen LogP contribution in [-0.4, -0.2) is 30.5 Å². The van der Waals surface area contributed by atoms with Crippen LogP contribution in [0.15, 0.2) is 12.7 Å². The second-order valence-electron chi connectivity index (χ2n) is 2.33. The van der Waals surface area contributed by atoms with Gasteiger partial charge in [-0.1, -0.05) is 6.08 Å². The van der Waals surface area contributed by atoms with Crippen LogP contribution in [0.2, 0.25) is 0 Å². The minimum atomic E-state index is -0.249. The predicted molar refractivity (Wildman–Crippen MR) is 54.2 cm³/mol. The SMILES string of the molecule is C=CCSCCNCCC(N)=O. The maximum absolute atomic E-state index is 10.3. The van der Waals surface area contributed by atoms with Gasteiger partial charge >= 0.3 is 0 Å². The Hall–Kier alpha value is -0.480. The molecule has 3 N–H and O–H groups in total. The quantitative estimate of drug-likeness (QED) is 0.427. The lowest BCUT2D eigenvalue weighted by Crippen LogP contribution is -2.23. The molecule has 0 rings (SSSR count). The number of hydrogen-bond acceptors (Lipinski definition) is 3. The number of nitrogens with one attached hydrogen (secondary N) is 1. The van der Waals surface area contributed by atoms with E-state index in [0.717, 1.165) is 18.1 Å². The van der Waals surface area contributed by atoms with Crippen LogP contribution in [0, 0.1) is 0 Å². The molecule has 1 amide bonds. The fourth-order valence-corrected chi connectivity index (χ4v) is 1.27. The second kappa shape index (κ2) is 8.62. The lowest BCUT2D eigenvalue weighted by molar-refractivity contribution is -0.117. The Labute approximate surface area is 77.8 Å². The molecule has 0 radical (unpaired) electrons. The summed E-state index contributed by atoms with van der Waals surface area (Å²) >= 11 is 1.82. The van der Waals surface area contributed by atoms with Crippen molar-refractivity contribution < 1.29 is 4.79 Å². The number of carbonyl (C=O) groups is 1. The molecule has 0 aliphatic carbocycles. The van der Waals surface area contributed by atoms with Crippen molar-refractivity contribution in [2.75, 3.05) is 24.6 Å². The van der Waals surface area contributed by atoms with Gasteiger partial charge in [-0.2, -0.15) is 11.8 Å². The summed E-state index contributed by atoms with van der Waals surface area (Å²) in [5.41, 5.74) is 4.96. The molecule has 3 nitrogen and oxygen atoms in total. The third-order valence-corrected chi connectivity index (χ3v) is 2.17. The van der Waals surface area contributed by atoms with E-state index in [2.05, 4.69) is 11.9 Å². The first-order chi connectivity index (χ1) is 5.77. The van der Waals surface area contributed by atoms with Crippen molar-refractivity contribution in [3.05, 3.63) is 12.7 Å². The lowest BCUT2D eigenvalue weighted by Gasteiger charge is -2.01. The minimum absolute atomic E-state index is 0.249. The zero-order valence-corrected chi connectivity index (χ0v) is 8.03. The molecule has 0 aromatic heterocycles. The summed E-state index contributed by atoms with van der Waals surface area (Å²) in [5.74, 6) is 1.78. The van der Waals surface area contributed by atoms with Gasteiger partial charge in [0.15, 0.2) is 0 Å². The van der Waals surface area contributed by atoms with Crippen LogP contribution in [0.3, 0.4) is 0 Å². The van der Waals surface area contributed by atoms with E-state index in [0.29, 0.717) is 13.0 Å². The van der Waals surface area contributed by atoms with Gasteiger partial charge in [0.1, 0.15) is 0 Å². The summed E-state index contributed by atoms with van der Waals surface area (Å²) in [6.07, 6.45) is 2.31. The van der Waals surface area contributed by atoms with Crippen LogP contribution in [-0.2, 0) is 4.79 Å². The van der Waals surface area contributed by atoms with Crippen LogP contribution in [0.1, 0.15) is 6.42 Å². The average molecular weight is 188 g/mol. The number of nitrogens with two attached hydrogens (primary N) is 1. The Balaban J connectivity index is 2.90. The Morgan fingerprint density at radius 1 is 1.58 bits per heavy atom. The molecule has 12 heavy (non-hydrogen) atoms. The largest absolute Gasteiger partial charge is 0.370 e. The minimum Gasteiger partial charge on any atom is -0.370 e. The molecule has 70 valence electrons. The average Bonchev–Trinajstić information content (AvgIpc) is 2.02. The van der Waals surface area contributed by atoms with Crippen LogP contribution in [0.25, 0.3) is 0 Å². The fourth-order valence-electron chi connectivity index (χ4n) is 0.648. The van der Waals surface area contributed by atoms with Gasteiger partial charge in [0.2, 0.25) is 5.91 Å². The summed E-state index contributed by atoms with van der Waals surface area (Å²) in [6, 6.07) is 0. The molecule has 0 aliphatic heterocycles. The van der Waals surface area contributed by atoms with Crippen LogP contribution >= 0.6 is 11.8 Å². The van der Waals surface area contributed by atoms with Gasteiger partial charge in [-0.3, -0.25) is 4.79 Å². The molecule has 0 spiro atoms. The Kier molecular flexibility index (Phi) is 8.27. The third kappa shape index (κ3) is 9.52. The molecular weight excluding hydrogens is 172 g/mol. The molecule has 0 aromatic rings. The summed E-state index contributed by atoms with van der Waals surface area (Å²) in [5, 5.41) is 3.12. The van der Waals surface area contributed by atoms with Gasteiger partial charge in [0.05, 0.1) is 0 Å². The van der Waals surface area contributed by atoms with Crippen LogP contribution < -0.4 is 11.1 Å². The molecule has 0 saturated carbocycles. The second-order valence-corrected chi connectivity index (χ2v) is 3.48. The van der Waals surface area contributed by atoms with E-state index in [1.807, 2.05) is 17.8 Å². The zero-order chi connectivity index (χ0) is 9.23. The predicted octanol–water partition coefficient (Wildman–Crippen LogP) is 0.371. The smallest absolute Gasteiger partial charge is 0.218 e. The number of thioether (sulfide) groups is 1. The monoisotopic (exact) mass is 188 g/mol. The normalized spacial score (nSPS) is 9.67. The first-order valence-electron chi connectivity index (χ1n) is 3.95. The molecule has 0 unspecified atom stereocenters. The van der Waals surface area contributed by atoms with Crippen LogP contribution in [0.4, 0.5) is 0 Å². The summed E-state index contributed by atoms with van der Waals surface area (Å²) in [7, 11) is 0. The molecule has 0 bridgehead atoms. The van der Waals surface area contributed by atoms with Gasteiger partial charge in [-0.15, -0.1) is 6.58 Å². The zero-order valence-electron chi connectivity index (χ0n) is 7.21.